The molecule has 0 rings (SSSR count). The summed E-state index contributed by atoms with van der Waals surface area (Å²) in [5.41, 5.74) is -1.64. The summed E-state index contributed by atoms with van der Waals surface area (Å²) in [5.74, 6) is -0.786. The molecule has 27 heavy (non-hydrogen) atoms. The van der Waals surface area contributed by atoms with Gasteiger partial charge in [-0.05, 0) is 19.8 Å². The molecule has 0 saturated carbocycles. The molecule has 0 bridgehead atoms. The molecule has 5 nitrogen and oxygen atoms in total. The van der Waals surface area contributed by atoms with E-state index in [9.17, 15) is 17.8 Å². The zero-order valence-electron chi connectivity index (χ0n) is 17.6. The summed E-state index contributed by atoms with van der Waals surface area (Å²) >= 11 is 0. The van der Waals surface area contributed by atoms with E-state index in [0.717, 1.165) is 26.2 Å². The van der Waals surface area contributed by atoms with E-state index in [4.69, 9.17) is 0 Å². The van der Waals surface area contributed by atoms with Gasteiger partial charge in [0.1, 0.15) is 10.1 Å². The normalized spacial score (nSPS) is 12.7. The summed E-state index contributed by atoms with van der Waals surface area (Å²) < 4.78 is 36.4. The number of carbonyl (C=O) groups excluding carboxylic acids is 1. The van der Waals surface area contributed by atoms with Crippen molar-refractivity contribution < 1.29 is 52.1 Å². The van der Waals surface area contributed by atoms with Gasteiger partial charge in [0.25, 0.3) is 0 Å². The molecule has 1 unspecified atom stereocenters. The average molecular weight is 413 g/mol. The molecule has 0 aliphatic rings. The van der Waals surface area contributed by atoms with Gasteiger partial charge in [0, 0.05) is 6.08 Å². The fourth-order valence-corrected chi connectivity index (χ4v) is 2.93. The Bertz CT molecular complexity index is 477. The van der Waals surface area contributed by atoms with Crippen molar-refractivity contribution in [2.75, 3.05) is 0 Å². The minimum Gasteiger partial charge on any atom is -0.745 e. The van der Waals surface area contributed by atoms with Crippen LogP contribution in [0.5, 0.6) is 0 Å². The Morgan fingerprint density at radius 1 is 0.889 bits per heavy atom. The first-order valence-electron chi connectivity index (χ1n) is 10.2. The molecule has 0 aromatic heterocycles. The Morgan fingerprint density at radius 3 is 1.70 bits per heavy atom. The fourth-order valence-electron chi connectivity index (χ4n) is 2.72. The molecule has 0 aromatic carbocycles. The first-order valence-corrected chi connectivity index (χ1v) is 11.7. The summed E-state index contributed by atoms with van der Waals surface area (Å²) in [6.45, 7) is 3.30. The van der Waals surface area contributed by atoms with Gasteiger partial charge in [0.2, 0.25) is 0 Å². The van der Waals surface area contributed by atoms with Crippen LogP contribution in [0.15, 0.2) is 12.2 Å². The first kappa shape index (κ1) is 29.3. The number of hydrogen-bond acceptors (Lipinski definition) is 5. The number of unbranched alkanes of at least 4 members (excludes halogenated alkanes) is 13. The van der Waals surface area contributed by atoms with Crippen LogP contribution in [-0.2, 0) is 19.6 Å². The number of hydrogen-bond donors (Lipinski definition) is 0. The molecule has 0 saturated heterocycles. The van der Waals surface area contributed by atoms with E-state index < -0.39 is 21.5 Å². The fraction of sp³-hybridized carbons (Fsp3) is 0.850. The summed E-state index contributed by atoms with van der Waals surface area (Å²) in [7, 11) is -4.58. The van der Waals surface area contributed by atoms with Crippen LogP contribution in [0, 0.1) is 0 Å². The average Bonchev–Trinajstić information content (AvgIpc) is 2.57. The third-order valence-corrected chi connectivity index (χ3v) is 5.33. The molecule has 0 aliphatic carbocycles. The zero-order chi connectivity index (χ0) is 19.7. The zero-order valence-corrected chi connectivity index (χ0v) is 20.4. The Labute approximate surface area is 188 Å². The van der Waals surface area contributed by atoms with Gasteiger partial charge in [0.05, 0.1) is 0 Å². The van der Waals surface area contributed by atoms with Gasteiger partial charge in [-0.15, -0.1) is 0 Å². The Morgan fingerprint density at radius 2 is 1.30 bits per heavy atom. The van der Waals surface area contributed by atoms with Crippen molar-refractivity contribution in [3.8, 4) is 0 Å². The quantitative estimate of drug-likeness (QED) is 0.120. The number of carbonyl (C=O) groups is 1. The molecule has 7 heteroatoms. The molecular formula is C20H37NaO5S. The van der Waals surface area contributed by atoms with Crippen molar-refractivity contribution in [1.29, 1.82) is 0 Å². The van der Waals surface area contributed by atoms with Gasteiger partial charge in [-0.2, -0.15) is 0 Å². The van der Waals surface area contributed by atoms with Crippen LogP contribution in [0.3, 0.4) is 0 Å². The molecule has 0 fully saturated rings. The number of ether oxygens (including phenoxy) is 1. The molecule has 0 aliphatic heterocycles. The van der Waals surface area contributed by atoms with Crippen LogP contribution in [0.2, 0.25) is 0 Å². The summed E-state index contributed by atoms with van der Waals surface area (Å²) in [6, 6.07) is 0. The molecule has 154 valence electrons. The van der Waals surface area contributed by atoms with E-state index in [1.165, 1.54) is 76.7 Å². The third-order valence-electron chi connectivity index (χ3n) is 4.42. The van der Waals surface area contributed by atoms with Crippen molar-refractivity contribution in [2.24, 2.45) is 0 Å². The number of esters is 1. The minimum absolute atomic E-state index is 0. The molecular weight excluding hydrogens is 375 g/mol. The standard InChI is InChI=1S/C20H38O5S.Na/c1-3-4-5-6-7-8-9-10-11-12-13-14-15-16-17-18-20(21)25-19(2)26(22,23)24;/h17-19H,3-16H2,1-2H3,(H,22,23,24);/q;+1/p-1. The maximum absolute atomic E-state index is 11.3. The second kappa shape index (κ2) is 19.4. The SMILES string of the molecule is CCCCCCCCCCCCCCCC=CC(=O)OC(C)S(=O)(=O)[O-].[Na+]. The van der Waals surface area contributed by atoms with Crippen LogP contribution in [0.1, 0.15) is 104 Å². The van der Waals surface area contributed by atoms with Gasteiger partial charge < -0.3 is 9.29 Å². The molecule has 0 amide bonds. The second-order valence-electron chi connectivity index (χ2n) is 6.93. The van der Waals surface area contributed by atoms with Crippen LogP contribution >= 0.6 is 0 Å². The van der Waals surface area contributed by atoms with Crippen LogP contribution in [0.4, 0.5) is 0 Å². The van der Waals surface area contributed by atoms with Crippen molar-refractivity contribution in [3.63, 3.8) is 0 Å². The minimum atomic E-state index is -4.58. The first-order chi connectivity index (χ1) is 12.4. The Hall–Kier alpha value is 0.120. The number of rotatable bonds is 17. The van der Waals surface area contributed by atoms with Crippen molar-refractivity contribution in [2.45, 2.75) is 109 Å². The van der Waals surface area contributed by atoms with E-state index in [1.54, 1.807) is 6.08 Å². The molecule has 1 atom stereocenters. The molecule has 0 aromatic rings. The van der Waals surface area contributed by atoms with Crippen molar-refractivity contribution in [3.05, 3.63) is 12.2 Å². The predicted octanol–water partition coefficient (Wildman–Crippen LogP) is 2.46. The smallest absolute Gasteiger partial charge is 0.745 e. The molecule has 0 heterocycles. The largest absolute Gasteiger partial charge is 1.00 e. The van der Waals surface area contributed by atoms with Gasteiger partial charge >= 0.3 is 35.5 Å². The van der Waals surface area contributed by atoms with Gasteiger partial charge in [-0.25, -0.2) is 13.2 Å². The van der Waals surface area contributed by atoms with Crippen molar-refractivity contribution >= 4 is 16.1 Å². The third kappa shape index (κ3) is 20.7. The molecule has 0 spiro atoms. The van der Waals surface area contributed by atoms with E-state index in [-0.39, 0.29) is 29.6 Å². The summed E-state index contributed by atoms with van der Waals surface area (Å²) in [5, 5.41) is 0. The Kier molecular flexibility index (Phi) is 21.1. The van der Waals surface area contributed by atoms with Crippen LogP contribution < -0.4 is 29.6 Å². The summed E-state index contributed by atoms with van der Waals surface area (Å²) in [4.78, 5) is 11.3. The van der Waals surface area contributed by atoms with E-state index >= 15 is 0 Å². The maximum atomic E-state index is 11.3. The van der Waals surface area contributed by atoms with Crippen molar-refractivity contribution in [1.82, 2.24) is 0 Å². The Balaban J connectivity index is 0. The summed E-state index contributed by atoms with van der Waals surface area (Å²) in [6.07, 6.45) is 20.4. The molecule has 0 N–H and O–H groups in total. The second-order valence-corrected chi connectivity index (χ2v) is 8.58. The number of allylic oxidation sites excluding steroid dienone is 1. The van der Waals surface area contributed by atoms with Gasteiger partial charge in [-0.3, -0.25) is 0 Å². The van der Waals surface area contributed by atoms with E-state index in [0.29, 0.717) is 0 Å². The maximum Gasteiger partial charge on any atom is 1.00 e. The van der Waals surface area contributed by atoms with Gasteiger partial charge in [0.15, 0.2) is 5.44 Å². The van der Waals surface area contributed by atoms with E-state index in [1.807, 2.05) is 0 Å². The topological polar surface area (TPSA) is 83.5 Å². The molecule has 0 radical (unpaired) electrons. The van der Waals surface area contributed by atoms with Gasteiger partial charge in [-0.1, -0.05) is 90.0 Å². The van der Waals surface area contributed by atoms with E-state index in [2.05, 4.69) is 11.7 Å². The predicted molar refractivity (Wildman–Crippen MR) is 105 cm³/mol. The van der Waals surface area contributed by atoms with Crippen LogP contribution in [-0.4, -0.2) is 24.4 Å². The monoisotopic (exact) mass is 412 g/mol. The van der Waals surface area contributed by atoms with Crippen LogP contribution in [0.25, 0.3) is 0 Å².